The molecule has 0 aliphatic heterocycles. The summed E-state index contributed by atoms with van der Waals surface area (Å²) in [6, 6.07) is 13.6. The molecule has 0 radical (unpaired) electrons. The maximum atomic E-state index is 12.0. The molecule has 1 amide bonds. The second-order valence-corrected chi connectivity index (χ2v) is 5.75. The van der Waals surface area contributed by atoms with E-state index in [4.69, 9.17) is 9.15 Å². The number of nitrogens with one attached hydrogen (secondary N) is 1. The van der Waals surface area contributed by atoms with Gasteiger partial charge in [-0.05, 0) is 31.2 Å². The van der Waals surface area contributed by atoms with Gasteiger partial charge in [0.05, 0.1) is 12.4 Å². The van der Waals surface area contributed by atoms with Gasteiger partial charge < -0.3 is 14.5 Å². The van der Waals surface area contributed by atoms with Gasteiger partial charge in [-0.2, -0.15) is 0 Å². The summed E-state index contributed by atoms with van der Waals surface area (Å²) < 4.78 is 10.6. The summed E-state index contributed by atoms with van der Waals surface area (Å²) in [5, 5.41) is 2.82. The fourth-order valence-electron chi connectivity index (χ4n) is 1.84. The Morgan fingerprint density at radius 3 is 2.76 bits per heavy atom. The molecule has 1 aromatic carbocycles. The van der Waals surface area contributed by atoms with E-state index in [2.05, 4.69) is 5.32 Å². The predicted octanol–water partition coefficient (Wildman–Crippen LogP) is 3.34. The molecule has 0 aliphatic rings. The first-order valence-corrected chi connectivity index (χ1v) is 7.74. The van der Waals surface area contributed by atoms with Crippen LogP contribution in [0.25, 0.3) is 0 Å². The zero-order chi connectivity index (χ0) is 15.1. The predicted molar refractivity (Wildman–Crippen MR) is 83.5 cm³/mol. The van der Waals surface area contributed by atoms with Gasteiger partial charge in [0.2, 0.25) is 0 Å². The first-order valence-electron chi connectivity index (χ1n) is 6.75. The quantitative estimate of drug-likeness (QED) is 0.797. The fraction of sp³-hybridized carbons (Fsp3) is 0.312. The van der Waals surface area contributed by atoms with Crippen LogP contribution in [0, 0.1) is 0 Å². The van der Waals surface area contributed by atoms with Gasteiger partial charge in [0.15, 0.2) is 5.76 Å². The summed E-state index contributed by atoms with van der Waals surface area (Å²) in [6.45, 7) is 2.36. The van der Waals surface area contributed by atoms with Crippen LogP contribution in [0.4, 0.5) is 0 Å². The summed E-state index contributed by atoms with van der Waals surface area (Å²) in [4.78, 5) is 13.1. The van der Waals surface area contributed by atoms with Crippen LogP contribution >= 0.6 is 11.8 Å². The summed E-state index contributed by atoms with van der Waals surface area (Å²) in [7, 11) is 1.61. The number of benzene rings is 1. The molecule has 1 N–H and O–H groups in total. The molecule has 0 aliphatic carbocycles. The first-order chi connectivity index (χ1) is 10.2. The maximum Gasteiger partial charge on any atom is 0.287 e. The van der Waals surface area contributed by atoms with Crippen LogP contribution in [0.2, 0.25) is 0 Å². The molecule has 0 bridgehead atoms. The Kier molecular flexibility index (Phi) is 5.90. The minimum absolute atomic E-state index is 0.0465. The van der Waals surface area contributed by atoms with Gasteiger partial charge in [-0.3, -0.25) is 4.79 Å². The summed E-state index contributed by atoms with van der Waals surface area (Å²) >= 11 is 1.68. The molecule has 0 saturated carbocycles. The van der Waals surface area contributed by atoms with Crippen LogP contribution < -0.4 is 5.32 Å². The lowest BCUT2D eigenvalue weighted by Gasteiger charge is -2.11. The number of carbonyl (C=O) groups is 1. The van der Waals surface area contributed by atoms with Crippen molar-refractivity contribution in [3.8, 4) is 0 Å². The third-order valence-corrected chi connectivity index (χ3v) is 3.84. The molecule has 1 heterocycles. The van der Waals surface area contributed by atoms with E-state index in [1.165, 1.54) is 4.90 Å². The van der Waals surface area contributed by atoms with E-state index in [1.54, 1.807) is 24.9 Å². The normalized spacial score (nSPS) is 12.1. The standard InChI is InChI=1S/C16H19NO3S/c1-12(10-19-2)17-16(18)15-9-8-13(20-15)11-21-14-6-4-3-5-7-14/h3-9,12H,10-11H2,1-2H3,(H,17,18). The SMILES string of the molecule is COCC(C)NC(=O)c1ccc(CSc2ccccc2)o1. The van der Waals surface area contributed by atoms with E-state index < -0.39 is 0 Å². The zero-order valence-electron chi connectivity index (χ0n) is 12.2. The van der Waals surface area contributed by atoms with Gasteiger partial charge in [-0.1, -0.05) is 18.2 Å². The average molecular weight is 305 g/mol. The molecule has 1 aromatic heterocycles. The molecule has 0 fully saturated rings. The molecule has 21 heavy (non-hydrogen) atoms. The number of hydrogen-bond donors (Lipinski definition) is 1. The highest BCUT2D eigenvalue weighted by Crippen LogP contribution is 2.23. The monoisotopic (exact) mass is 305 g/mol. The summed E-state index contributed by atoms with van der Waals surface area (Å²) in [5.41, 5.74) is 0. The van der Waals surface area contributed by atoms with Gasteiger partial charge in [0.1, 0.15) is 5.76 Å². The molecular weight excluding hydrogens is 286 g/mol. The smallest absolute Gasteiger partial charge is 0.287 e. The molecule has 2 rings (SSSR count). The Bertz CT molecular complexity index is 568. The van der Waals surface area contributed by atoms with Crippen LogP contribution in [-0.4, -0.2) is 25.7 Å². The van der Waals surface area contributed by atoms with Gasteiger partial charge in [0.25, 0.3) is 5.91 Å². The Balaban J connectivity index is 1.87. The topological polar surface area (TPSA) is 51.5 Å². The van der Waals surface area contributed by atoms with E-state index in [0.717, 1.165) is 5.76 Å². The van der Waals surface area contributed by atoms with E-state index in [0.29, 0.717) is 18.1 Å². The van der Waals surface area contributed by atoms with Crippen molar-refractivity contribution in [2.45, 2.75) is 23.6 Å². The molecule has 0 saturated heterocycles. The number of hydrogen-bond acceptors (Lipinski definition) is 4. The minimum Gasteiger partial charge on any atom is -0.455 e. The van der Waals surface area contributed by atoms with Crippen molar-refractivity contribution in [2.24, 2.45) is 0 Å². The summed E-state index contributed by atoms with van der Waals surface area (Å²) in [5.74, 6) is 1.61. The van der Waals surface area contributed by atoms with E-state index in [9.17, 15) is 4.79 Å². The highest BCUT2D eigenvalue weighted by molar-refractivity contribution is 7.98. The number of methoxy groups -OCH3 is 1. The Labute approximate surface area is 128 Å². The van der Waals surface area contributed by atoms with Crippen molar-refractivity contribution in [1.82, 2.24) is 5.32 Å². The molecule has 2 aromatic rings. The lowest BCUT2D eigenvalue weighted by molar-refractivity contribution is 0.0876. The molecule has 1 unspecified atom stereocenters. The molecule has 4 nitrogen and oxygen atoms in total. The minimum atomic E-state index is -0.212. The number of ether oxygens (including phenoxy) is 1. The van der Waals surface area contributed by atoms with Crippen molar-refractivity contribution in [1.29, 1.82) is 0 Å². The number of thioether (sulfide) groups is 1. The lowest BCUT2D eigenvalue weighted by atomic mass is 10.3. The Morgan fingerprint density at radius 2 is 2.05 bits per heavy atom. The average Bonchev–Trinajstić information content (AvgIpc) is 2.95. The molecule has 1 atom stereocenters. The van der Waals surface area contributed by atoms with Gasteiger partial charge in [-0.25, -0.2) is 0 Å². The lowest BCUT2D eigenvalue weighted by Crippen LogP contribution is -2.35. The second-order valence-electron chi connectivity index (χ2n) is 4.70. The largest absolute Gasteiger partial charge is 0.455 e. The fourth-order valence-corrected chi connectivity index (χ4v) is 2.65. The number of furan rings is 1. The molecule has 112 valence electrons. The maximum absolute atomic E-state index is 12.0. The Hall–Kier alpha value is -1.72. The highest BCUT2D eigenvalue weighted by atomic mass is 32.2. The van der Waals surface area contributed by atoms with Crippen molar-refractivity contribution < 1.29 is 13.9 Å². The second kappa shape index (κ2) is 7.90. The van der Waals surface area contributed by atoms with Crippen LogP contribution in [-0.2, 0) is 10.5 Å². The summed E-state index contributed by atoms with van der Waals surface area (Å²) in [6.07, 6.45) is 0. The van der Waals surface area contributed by atoms with E-state index >= 15 is 0 Å². The zero-order valence-corrected chi connectivity index (χ0v) is 13.0. The highest BCUT2D eigenvalue weighted by Gasteiger charge is 2.13. The first kappa shape index (κ1) is 15.7. The Morgan fingerprint density at radius 1 is 1.29 bits per heavy atom. The molecular formula is C16H19NO3S. The van der Waals surface area contributed by atoms with Crippen molar-refractivity contribution in [2.75, 3.05) is 13.7 Å². The van der Waals surface area contributed by atoms with Crippen LogP contribution in [0.15, 0.2) is 51.8 Å². The van der Waals surface area contributed by atoms with E-state index in [1.807, 2.05) is 43.3 Å². The van der Waals surface area contributed by atoms with Gasteiger partial charge in [0, 0.05) is 18.0 Å². The number of rotatable bonds is 7. The van der Waals surface area contributed by atoms with Crippen molar-refractivity contribution in [3.05, 3.63) is 54.0 Å². The van der Waals surface area contributed by atoms with Crippen LogP contribution in [0.5, 0.6) is 0 Å². The third-order valence-electron chi connectivity index (χ3n) is 2.80. The van der Waals surface area contributed by atoms with Crippen molar-refractivity contribution in [3.63, 3.8) is 0 Å². The van der Waals surface area contributed by atoms with E-state index in [-0.39, 0.29) is 11.9 Å². The molecule has 5 heteroatoms. The third kappa shape index (κ3) is 4.95. The molecule has 0 spiro atoms. The van der Waals surface area contributed by atoms with Gasteiger partial charge in [-0.15, -0.1) is 11.8 Å². The number of amides is 1. The number of carbonyl (C=O) groups excluding carboxylic acids is 1. The van der Waals surface area contributed by atoms with Crippen LogP contribution in [0.1, 0.15) is 23.2 Å². The van der Waals surface area contributed by atoms with Crippen LogP contribution in [0.3, 0.4) is 0 Å². The van der Waals surface area contributed by atoms with Crippen molar-refractivity contribution >= 4 is 17.7 Å². The van der Waals surface area contributed by atoms with Gasteiger partial charge >= 0.3 is 0 Å².